The van der Waals surface area contributed by atoms with Crippen molar-refractivity contribution in [2.75, 3.05) is 21.3 Å². The number of rotatable bonds is 7. The van der Waals surface area contributed by atoms with Crippen molar-refractivity contribution in [3.8, 4) is 28.5 Å². The van der Waals surface area contributed by atoms with E-state index >= 15 is 0 Å². The van der Waals surface area contributed by atoms with Gasteiger partial charge in [-0.05, 0) is 54.8 Å². The van der Waals surface area contributed by atoms with Crippen LogP contribution >= 0.6 is 11.3 Å². The number of thiazole rings is 1. The van der Waals surface area contributed by atoms with Crippen molar-refractivity contribution in [1.29, 1.82) is 0 Å². The Balaban J connectivity index is 1.78. The molecule has 32 heavy (non-hydrogen) atoms. The molecule has 0 aliphatic heterocycles. The van der Waals surface area contributed by atoms with Gasteiger partial charge in [-0.3, -0.25) is 4.99 Å². The smallest absolute Gasteiger partial charge is 0.206 e. The van der Waals surface area contributed by atoms with Gasteiger partial charge in [-0.1, -0.05) is 19.3 Å². The van der Waals surface area contributed by atoms with Gasteiger partial charge in [-0.25, -0.2) is 4.68 Å². The molecular weight excluding hydrogens is 422 g/mol. The van der Waals surface area contributed by atoms with E-state index in [0.717, 1.165) is 51.7 Å². The van der Waals surface area contributed by atoms with Crippen LogP contribution in [0.4, 0.5) is 0 Å². The summed E-state index contributed by atoms with van der Waals surface area (Å²) in [5, 5.41) is 6.93. The van der Waals surface area contributed by atoms with Gasteiger partial charge in [0.2, 0.25) is 4.80 Å². The number of ether oxygens (including phenoxy) is 3. The number of benzene rings is 2. The second-order valence-corrected chi connectivity index (χ2v) is 8.56. The summed E-state index contributed by atoms with van der Waals surface area (Å²) in [5.74, 6) is 2.31. The van der Waals surface area contributed by atoms with Crippen molar-refractivity contribution in [3.63, 3.8) is 0 Å². The Hall–Kier alpha value is -3.06. The van der Waals surface area contributed by atoms with Gasteiger partial charge < -0.3 is 14.2 Å². The van der Waals surface area contributed by atoms with E-state index in [2.05, 4.69) is 5.38 Å². The molecule has 1 fully saturated rings. The van der Waals surface area contributed by atoms with Gasteiger partial charge >= 0.3 is 0 Å². The zero-order chi connectivity index (χ0) is 22.3. The van der Waals surface area contributed by atoms with Crippen LogP contribution in [0.25, 0.3) is 11.3 Å². The molecule has 7 heteroatoms. The molecule has 0 bridgehead atoms. The first-order valence-corrected chi connectivity index (χ1v) is 11.7. The van der Waals surface area contributed by atoms with Gasteiger partial charge in [0.05, 0.1) is 39.3 Å². The van der Waals surface area contributed by atoms with Crippen LogP contribution in [0.2, 0.25) is 0 Å². The van der Waals surface area contributed by atoms with Gasteiger partial charge in [0, 0.05) is 17.0 Å². The minimum absolute atomic E-state index is 0.357. The Morgan fingerprint density at radius 1 is 0.906 bits per heavy atom. The topological polar surface area (TPSA) is 57.3 Å². The Morgan fingerprint density at radius 3 is 2.31 bits per heavy atom. The maximum Gasteiger partial charge on any atom is 0.206 e. The lowest BCUT2D eigenvalue weighted by Crippen LogP contribution is -2.19. The Morgan fingerprint density at radius 2 is 1.62 bits per heavy atom. The van der Waals surface area contributed by atoms with Crippen LogP contribution < -0.4 is 19.0 Å². The minimum Gasteiger partial charge on any atom is -0.497 e. The number of nitrogens with zero attached hydrogens (tertiary/aromatic N) is 3. The molecule has 0 saturated heterocycles. The van der Waals surface area contributed by atoms with Gasteiger partial charge in [-0.15, -0.1) is 11.3 Å². The van der Waals surface area contributed by atoms with Crippen LogP contribution in [0.3, 0.4) is 0 Å². The van der Waals surface area contributed by atoms with Gasteiger partial charge in [0.1, 0.15) is 17.2 Å². The molecule has 0 N–H and O–H groups in total. The quantitative estimate of drug-likeness (QED) is 0.455. The zero-order valence-corrected chi connectivity index (χ0v) is 19.6. The van der Waals surface area contributed by atoms with Crippen LogP contribution in [-0.2, 0) is 0 Å². The molecule has 168 valence electrons. The highest BCUT2D eigenvalue weighted by Crippen LogP contribution is 2.33. The minimum atomic E-state index is 0.357. The molecule has 6 nitrogen and oxygen atoms in total. The van der Waals surface area contributed by atoms with E-state index in [0.29, 0.717) is 6.04 Å². The van der Waals surface area contributed by atoms with E-state index in [9.17, 15) is 0 Å². The zero-order valence-electron chi connectivity index (χ0n) is 18.8. The lowest BCUT2D eigenvalue weighted by molar-refractivity contribution is 0.395. The highest BCUT2D eigenvalue weighted by molar-refractivity contribution is 7.07. The Labute approximate surface area is 192 Å². The third-order valence-corrected chi connectivity index (χ3v) is 6.51. The molecule has 1 aliphatic rings. The van der Waals surface area contributed by atoms with Crippen molar-refractivity contribution >= 4 is 17.6 Å². The van der Waals surface area contributed by atoms with Gasteiger partial charge in [0.25, 0.3) is 0 Å². The molecule has 2 aromatic carbocycles. The maximum atomic E-state index is 5.66. The summed E-state index contributed by atoms with van der Waals surface area (Å²) >= 11 is 1.61. The second kappa shape index (κ2) is 10.5. The van der Waals surface area contributed by atoms with E-state index in [1.807, 2.05) is 53.4 Å². The first-order valence-electron chi connectivity index (χ1n) is 10.9. The largest absolute Gasteiger partial charge is 0.497 e. The molecule has 1 aromatic heterocycles. The Kier molecular flexibility index (Phi) is 7.27. The van der Waals surface area contributed by atoms with E-state index in [-0.39, 0.29) is 0 Å². The van der Waals surface area contributed by atoms with Crippen molar-refractivity contribution in [2.45, 2.75) is 38.1 Å². The molecule has 0 amide bonds. The monoisotopic (exact) mass is 451 g/mol. The maximum absolute atomic E-state index is 5.66. The average Bonchev–Trinajstić information content (AvgIpc) is 3.25. The molecule has 1 heterocycles. The summed E-state index contributed by atoms with van der Waals surface area (Å²) in [7, 11) is 4.99. The predicted octanol–water partition coefficient (Wildman–Crippen LogP) is 5.36. The third kappa shape index (κ3) is 5.05. The van der Waals surface area contributed by atoms with Crippen LogP contribution in [0.1, 0.15) is 37.7 Å². The number of hydrogen-bond donors (Lipinski definition) is 0. The fraction of sp³-hybridized carbons (Fsp3) is 0.360. The van der Waals surface area contributed by atoms with Crippen molar-refractivity contribution < 1.29 is 14.2 Å². The van der Waals surface area contributed by atoms with Crippen molar-refractivity contribution in [2.24, 2.45) is 10.1 Å². The summed E-state index contributed by atoms with van der Waals surface area (Å²) in [6, 6.07) is 14.0. The van der Waals surface area contributed by atoms with Gasteiger partial charge in [-0.2, -0.15) is 5.10 Å². The van der Waals surface area contributed by atoms with Crippen LogP contribution in [0.5, 0.6) is 17.2 Å². The number of hydrogen-bond acceptors (Lipinski definition) is 6. The summed E-state index contributed by atoms with van der Waals surface area (Å²) < 4.78 is 18.2. The summed E-state index contributed by atoms with van der Waals surface area (Å²) in [6.45, 7) is 0. The van der Waals surface area contributed by atoms with Crippen LogP contribution in [-0.4, -0.2) is 38.3 Å². The third-order valence-electron chi connectivity index (χ3n) is 5.68. The lowest BCUT2D eigenvalue weighted by atomic mass is 9.96. The molecule has 0 radical (unpaired) electrons. The van der Waals surface area contributed by atoms with Crippen molar-refractivity contribution in [3.05, 3.63) is 58.2 Å². The van der Waals surface area contributed by atoms with E-state index in [1.165, 1.54) is 19.3 Å². The highest BCUT2D eigenvalue weighted by atomic mass is 32.1. The molecule has 1 aliphatic carbocycles. The molecule has 0 spiro atoms. The first-order chi connectivity index (χ1) is 15.7. The number of aromatic nitrogens is 1. The standard InChI is InChI=1S/C25H29N3O3S/c1-29-20-11-9-18(10-12-20)16-26-28-23(22-14-13-21(30-2)15-24(22)31-3)17-32-25(28)27-19-7-5-4-6-8-19/h9-17,19H,4-8H2,1-3H3. The molecule has 4 rings (SSSR count). The fourth-order valence-electron chi connectivity index (χ4n) is 3.88. The summed E-state index contributed by atoms with van der Waals surface area (Å²) in [6.07, 6.45) is 7.93. The summed E-state index contributed by atoms with van der Waals surface area (Å²) in [5.41, 5.74) is 2.87. The molecule has 0 unspecified atom stereocenters. The second-order valence-electron chi connectivity index (χ2n) is 7.72. The lowest BCUT2D eigenvalue weighted by Gasteiger charge is -2.17. The molecular formula is C25H29N3O3S. The van der Waals surface area contributed by atoms with Gasteiger partial charge in [0.15, 0.2) is 0 Å². The number of methoxy groups -OCH3 is 3. The van der Waals surface area contributed by atoms with E-state index in [4.69, 9.17) is 24.3 Å². The first kappa shape index (κ1) is 22.1. The SMILES string of the molecule is COc1ccc(C=Nn2c(-c3ccc(OC)cc3OC)csc2=NC2CCCCC2)cc1. The summed E-state index contributed by atoms with van der Waals surface area (Å²) in [4.78, 5) is 5.97. The fourth-order valence-corrected chi connectivity index (χ4v) is 4.78. The predicted molar refractivity (Wildman–Crippen MR) is 129 cm³/mol. The molecule has 1 saturated carbocycles. The average molecular weight is 452 g/mol. The Bertz CT molecular complexity index is 1130. The molecule has 3 aromatic rings. The van der Waals surface area contributed by atoms with Crippen LogP contribution in [0.15, 0.2) is 57.9 Å². The van der Waals surface area contributed by atoms with Crippen LogP contribution in [0, 0.1) is 0 Å². The van der Waals surface area contributed by atoms with E-state index in [1.54, 1.807) is 32.7 Å². The highest BCUT2D eigenvalue weighted by Gasteiger charge is 2.16. The van der Waals surface area contributed by atoms with E-state index < -0.39 is 0 Å². The normalized spacial score (nSPS) is 15.3. The van der Waals surface area contributed by atoms with Crippen molar-refractivity contribution in [1.82, 2.24) is 4.68 Å². The molecule has 0 atom stereocenters.